The van der Waals surface area contributed by atoms with Gasteiger partial charge in [0.15, 0.2) is 5.78 Å². The molecule has 0 bridgehead atoms. The molecule has 8 heteroatoms. The van der Waals surface area contributed by atoms with E-state index in [2.05, 4.69) is 10.6 Å². The Balaban J connectivity index is 4.59. The lowest BCUT2D eigenvalue weighted by molar-refractivity contribution is -0.151. The SMILES string of the molecule is CC(=O)NCC(=O)NC(CCC(=O)C=N)C(=O)OC(C)C. The second-order valence-electron chi connectivity index (χ2n) is 4.66. The summed E-state index contributed by atoms with van der Waals surface area (Å²) in [6, 6.07) is -0.988. The predicted molar refractivity (Wildman–Crippen MR) is 74.9 cm³/mol. The zero-order chi connectivity index (χ0) is 16.4. The second kappa shape index (κ2) is 9.62. The van der Waals surface area contributed by atoms with Crippen LogP contribution in [0, 0.1) is 5.41 Å². The highest BCUT2D eigenvalue weighted by molar-refractivity contribution is 6.26. The summed E-state index contributed by atoms with van der Waals surface area (Å²) in [4.78, 5) is 45.2. The average Bonchev–Trinajstić information content (AvgIpc) is 2.39. The van der Waals surface area contributed by atoms with E-state index in [0.29, 0.717) is 6.21 Å². The number of ether oxygens (including phenoxy) is 1. The first-order valence-electron chi connectivity index (χ1n) is 6.53. The lowest BCUT2D eigenvalue weighted by atomic mass is 10.1. The van der Waals surface area contributed by atoms with Gasteiger partial charge in [0, 0.05) is 13.3 Å². The van der Waals surface area contributed by atoms with E-state index >= 15 is 0 Å². The van der Waals surface area contributed by atoms with Crippen molar-refractivity contribution >= 4 is 29.8 Å². The van der Waals surface area contributed by atoms with Crippen LogP contribution in [-0.2, 0) is 23.9 Å². The fourth-order valence-corrected chi connectivity index (χ4v) is 1.37. The fraction of sp³-hybridized carbons (Fsp3) is 0.615. The Morgan fingerprint density at radius 1 is 1.24 bits per heavy atom. The number of hydrogen-bond donors (Lipinski definition) is 3. The summed E-state index contributed by atoms with van der Waals surface area (Å²) in [6.07, 6.45) is 0.280. The summed E-state index contributed by atoms with van der Waals surface area (Å²) >= 11 is 0. The first kappa shape index (κ1) is 18.8. The van der Waals surface area contributed by atoms with E-state index in [1.54, 1.807) is 13.8 Å². The molecule has 1 atom stereocenters. The summed E-state index contributed by atoms with van der Waals surface area (Å²) in [7, 11) is 0. The Hall–Kier alpha value is -2.25. The molecular weight excluding hydrogens is 278 g/mol. The first-order valence-corrected chi connectivity index (χ1v) is 6.53. The van der Waals surface area contributed by atoms with E-state index in [4.69, 9.17) is 10.1 Å². The molecule has 0 heterocycles. The van der Waals surface area contributed by atoms with Crippen molar-refractivity contribution in [3.63, 3.8) is 0 Å². The topological polar surface area (TPSA) is 125 Å². The lowest BCUT2D eigenvalue weighted by Gasteiger charge is -2.18. The molecule has 0 aliphatic carbocycles. The number of carbonyl (C=O) groups is 4. The Kier molecular flexibility index (Phi) is 8.59. The molecule has 8 nitrogen and oxygen atoms in total. The normalized spacial score (nSPS) is 11.4. The zero-order valence-corrected chi connectivity index (χ0v) is 12.4. The molecule has 3 N–H and O–H groups in total. The van der Waals surface area contributed by atoms with Gasteiger partial charge in [-0.15, -0.1) is 0 Å². The molecular formula is C13H21N3O5. The molecule has 118 valence electrons. The third-order valence-corrected chi connectivity index (χ3v) is 2.31. The van der Waals surface area contributed by atoms with Gasteiger partial charge in [0.25, 0.3) is 0 Å². The van der Waals surface area contributed by atoms with Gasteiger partial charge in [-0.3, -0.25) is 14.4 Å². The van der Waals surface area contributed by atoms with Gasteiger partial charge in [0.05, 0.1) is 18.9 Å². The number of nitrogens with one attached hydrogen (secondary N) is 3. The van der Waals surface area contributed by atoms with Crippen molar-refractivity contribution in [1.82, 2.24) is 10.6 Å². The minimum atomic E-state index is -0.988. The van der Waals surface area contributed by atoms with Crippen LogP contribution >= 0.6 is 0 Å². The number of ketones is 1. The highest BCUT2D eigenvalue weighted by Gasteiger charge is 2.23. The van der Waals surface area contributed by atoms with E-state index < -0.39 is 23.7 Å². The smallest absolute Gasteiger partial charge is 0.328 e. The lowest BCUT2D eigenvalue weighted by Crippen LogP contribution is -2.46. The van der Waals surface area contributed by atoms with Crippen LogP contribution in [0.1, 0.15) is 33.6 Å². The number of carbonyl (C=O) groups excluding carboxylic acids is 4. The molecule has 0 fully saturated rings. The molecule has 1 unspecified atom stereocenters. The van der Waals surface area contributed by atoms with Crippen LogP contribution in [-0.4, -0.2) is 48.5 Å². The summed E-state index contributed by atoms with van der Waals surface area (Å²) in [6.45, 7) is 4.33. The molecule has 0 aromatic heterocycles. The molecule has 0 saturated carbocycles. The third-order valence-electron chi connectivity index (χ3n) is 2.31. The van der Waals surface area contributed by atoms with Crippen LogP contribution in [0.15, 0.2) is 0 Å². The monoisotopic (exact) mass is 299 g/mol. The minimum absolute atomic E-state index is 0.0333. The van der Waals surface area contributed by atoms with Crippen molar-refractivity contribution in [2.24, 2.45) is 0 Å². The van der Waals surface area contributed by atoms with Gasteiger partial charge in [-0.05, 0) is 20.3 Å². The number of rotatable bonds is 9. The number of amides is 2. The summed E-state index contributed by atoms with van der Waals surface area (Å²) in [5.74, 6) is -2.03. The van der Waals surface area contributed by atoms with E-state index in [1.807, 2.05) is 0 Å². The molecule has 0 spiro atoms. The maximum atomic E-state index is 11.8. The summed E-state index contributed by atoms with van der Waals surface area (Å²) < 4.78 is 5.00. The Morgan fingerprint density at radius 3 is 2.33 bits per heavy atom. The number of esters is 1. The first-order chi connectivity index (χ1) is 9.76. The molecule has 0 aliphatic rings. The fourth-order valence-electron chi connectivity index (χ4n) is 1.37. The molecule has 0 rings (SSSR count). The van der Waals surface area contributed by atoms with Crippen LogP contribution < -0.4 is 10.6 Å². The van der Waals surface area contributed by atoms with Crippen LogP contribution in [0.5, 0.6) is 0 Å². The molecule has 0 aromatic rings. The van der Waals surface area contributed by atoms with Gasteiger partial charge >= 0.3 is 5.97 Å². The van der Waals surface area contributed by atoms with E-state index in [9.17, 15) is 19.2 Å². The number of hydrogen-bond acceptors (Lipinski definition) is 6. The Labute approximate surface area is 123 Å². The quantitative estimate of drug-likeness (QED) is 0.393. The largest absolute Gasteiger partial charge is 0.461 e. The molecule has 21 heavy (non-hydrogen) atoms. The second-order valence-corrected chi connectivity index (χ2v) is 4.66. The molecule has 0 saturated heterocycles. The predicted octanol–water partition coefficient (Wildman–Crippen LogP) is -0.442. The van der Waals surface area contributed by atoms with Crippen LogP contribution in [0.2, 0.25) is 0 Å². The maximum Gasteiger partial charge on any atom is 0.328 e. The Bertz CT molecular complexity index is 420. The third kappa shape index (κ3) is 9.31. The Morgan fingerprint density at radius 2 is 1.86 bits per heavy atom. The van der Waals surface area contributed by atoms with Crippen LogP contribution in [0.4, 0.5) is 0 Å². The molecule has 0 radical (unpaired) electrons. The van der Waals surface area contributed by atoms with Crippen molar-refractivity contribution < 1.29 is 23.9 Å². The van der Waals surface area contributed by atoms with Crippen LogP contribution in [0.25, 0.3) is 0 Å². The molecule has 2 amide bonds. The summed E-state index contributed by atoms with van der Waals surface area (Å²) in [5, 5.41) is 11.5. The van der Waals surface area contributed by atoms with E-state index in [1.165, 1.54) is 6.92 Å². The number of Topliss-reactive ketones (excluding diaryl/α,β-unsaturated/α-hetero) is 1. The highest BCUT2D eigenvalue weighted by atomic mass is 16.5. The minimum Gasteiger partial charge on any atom is -0.461 e. The average molecular weight is 299 g/mol. The van der Waals surface area contributed by atoms with Gasteiger partial charge in [0.1, 0.15) is 6.04 Å². The van der Waals surface area contributed by atoms with Crippen molar-refractivity contribution in [1.29, 1.82) is 5.41 Å². The maximum absolute atomic E-state index is 11.8. The van der Waals surface area contributed by atoms with Gasteiger partial charge in [0.2, 0.25) is 11.8 Å². The van der Waals surface area contributed by atoms with Crippen molar-refractivity contribution in [3.05, 3.63) is 0 Å². The van der Waals surface area contributed by atoms with Gasteiger partial charge < -0.3 is 20.8 Å². The van der Waals surface area contributed by atoms with Crippen molar-refractivity contribution in [2.45, 2.75) is 45.8 Å². The van der Waals surface area contributed by atoms with Gasteiger partial charge in [-0.25, -0.2) is 4.79 Å². The van der Waals surface area contributed by atoms with Gasteiger partial charge in [-0.1, -0.05) is 0 Å². The molecule has 0 aromatic carbocycles. The zero-order valence-electron chi connectivity index (χ0n) is 12.4. The summed E-state index contributed by atoms with van der Waals surface area (Å²) in [5.41, 5.74) is 0. The van der Waals surface area contributed by atoms with Gasteiger partial charge in [-0.2, -0.15) is 0 Å². The van der Waals surface area contributed by atoms with Crippen LogP contribution in [0.3, 0.4) is 0 Å². The van der Waals surface area contributed by atoms with E-state index in [-0.39, 0.29) is 31.4 Å². The standard InChI is InChI=1S/C13H21N3O5/c1-8(2)21-13(20)11(5-4-10(18)6-14)16-12(19)7-15-9(3)17/h6,8,11,14H,4-5,7H2,1-3H3,(H,15,17)(H,16,19). The molecule has 0 aliphatic heterocycles. The van der Waals surface area contributed by atoms with Crippen molar-refractivity contribution in [2.75, 3.05) is 6.54 Å². The van der Waals surface area contributed by atoms with Crippen molar-refractivity contribution in [3.8, 4) is 0 Å². The van der Waals surface area contributed by atoms with E-state index in [0.717, 1.165) is 0 Å². The highest BCUT2D eigenvalue weighted by Crippen LogP contribution is 2.03.